The Morgan fingerprint density at radius 1 is 1.03 bits per heavy atom. The second-order valence-electron chi connectivity index (χ2n) is 8.17. The number of nitrogens with one attached hydrogen (secondary N) is 1. The molecule has 0 bridgehead atoms. The fourth-order valence-corrected chi connectivity index (χ4v) is 5.69. The van der Waals surface area contributed by atoms with E-state index in [4.69, 9.17) is 9.47 Å². The van der Waals surface area contributed by atoms with Crippen LogP contribution in [0, 0.1) is 0 Å². The van der Waals surface area contributed by atoms with Crippen molar-refractivity contribution in [3.63, 3.8) is 0 Å². The summed E-state index contributed by atoms with van der Waals surface area (Å²) in [5.41, 5.74) is -0.0841. The molecule has 1 aliphatic rings. The summed E-state index contributed by atoms with van der Waals surface area (Å²) in [5.74, 6) is 0.0162. The fraction of sp³-hybridized carbons (Fsp3) is 0.435. The fourth-order valence-electron chi connectivity index (χ4n) is 3.74. The van der Waals surface area contributed by atoms with Gasteiger partial charge in [0.15, 0.2) is 9.84 Å². The summed E-state index contributed by atoms with van der Waals surface area (Å²) in [7, 11) is -2.34. The van der Waals surface area contributed by atoms with Crippen molar-refractivity contribution < 1.29 is 27.8 Å². The maximum absolute atomic E-state index is 13.6. The Bertz CT molecular complexity index is 976. The van der Waals surface area contributed by atoms with Gasteiger partial charge in [-0.25, -0.2) is 8.42 Å². The Hall–Kier alpha value is -2.42. The van der Waals surface area contributed by atoms with Gasteiger partial charge in [0.2, 0.25) is 0 Å². The number of carbonyl (C=O) groups is 1. The number of methoxy groups -OCH3 is 1. The van der Waals surface area contributed by atoms with Gasteiger partial charge in [-0.05, 0) is 62.4 Å². The van der Waals surface area contributed by atoms with Gasteiger partial charge >= 0.3 is 5.97 Å². The Balaban J connectivity index is 1.76. The van der Waals surface area contributed by atoms with E-state index in [0.717, 1.165) is 5.56 Å². The molecule has 0 aliphatic heterocycles. The van der Waals surface area contributed by atoms with E-state index in [2.05, 4.69) is 5.32 Å². The summed E-state index contributed by atoms with van der Waals surface area (Å²) in [6.07, 6.45) is 0.962. The monoisotopic (exact) mass is 447 g/mol. The number of hydrogen-bond donors (Lipinski definition) is 2. The van der Waals surface area contributed by atoms with Crippen molar-refractivity contribution in [2.75, 3.05) is 13.7 Å². The number of sulfone groups is 1. The summed E-state index contributed by atoms with van der Waals surface area (Å²) in [6.45, 7) is 1.57. The Morgan fingerprint density at radius 2 is 1.65 bits per heavy atom. The molecule has 1 fully saturated rings. The summed E-state index contributed by atoms with van der Waals surface area (Å²) in [4.78, 5) is 11.1. The first kappa shape index (κ1) is 23.2. The molecular weight excluding hydrogens is 418 g/mol. The smallest absolute Gasteiger partial charge is 0.320 e. The van der Waals surface area contributed by atoms with Gasteiger partial charge in [-0.1, -0.05) is 30.3 Å². The maximum atomic E-state index is 13.6. The predicted molar refractivity (Wildman–Crippen MR) is 116 cm³/mol. The summed E-state index contributed by atoms with van der Waals surface area (Å²) >= 11 is 0. The van der Waals surface area contributed by atoms with Crippen LogP contribution in [-0.4, -0.2) is 43.6 Å². The molecular formula is C23H29NO6S. The van der Waals surface area contributed by atoms with E-state index in [9.17, 15) is 18.3 Å². The van der Waals surface area contributed by atoms with E-state index in [1.807, 2.05) is 30.3 Å². The largest absolute Gasteiger partial charge is 0.497 e. The molecule has 2 aromatic rings. The molecule has 0 unspecified atom stereocenters. The van der Waals surface area contributed by atoms with Crippen LogP contribution in [0.5, 0.6) is 5.75 Å². The van der Waals surface area contributed by atoms with Crippen LogP contribution in [0.4, 0.5) is 0 Å². The zero-order valence-corrected chi connectivity index (χ0v) is 18.7. The van der Waals surface area contributed by atoms with Gasteiger partial charge in [-0.3, -0.25) is 10.1 Å². The van der Waals surface area contributed by atoms with Crippen molar-refractivity contribution in [1.29, 1.82) is 0 Å². The van der Waals surface area contributed by atoms with Crippen LogP contribution in [0.2, 0.25) is 0 Å². The normalized spacial score (nSPS) is 23.8. The number of rotatable bonds is 8. The second-order valence-corrected chi connectivity index (χ2v) is 10.4. The third-order valence-corrected chi connectivity index (χ3v) is 8.29. The van der Waals surface area contributed by atoms with Gasteiger partial charge in [0.25, 0.3) is 0 Å². The van der Waals surface area contributed by atoms with Gasteiger partial charge < -0.3 is 14.6 Å². The first-order valence-corrected chi connectivity index (χ1v) is 11.7. The highest BCUT2D eigenvalue weighted by Crippen LogP contribution is 2.41. The van der Waals surface area contributed by atoms with Crippen LogP contribution in [0.1, 0.15) is 38.2 Å². The third-order valence-electron chi connectivity index (χ3n) is 5.82. The van der Waals surface area contributed by atoms with E-state index in [0.29, 0.717) is 18.6 Å². The van der Waals surface area contributed by atoms with E-state index in [1.54, 1.807) is 19.1 Å². The van der Waals surface area contributed by atoms with Crippen LogP contribution < -0.4 is 10.1 Å². The molecule has 1 aliphatic carbocycles. The minimum absolute atomic E-state index is 0.119. The molecule has 0 saturated heterocycles. The summed E-state index contributed by atoms with van der Waals surface area (Å²) in [6, 6.07) is 15.5. The molecule has 2 aromatic carbocycles. The lowest BCUT2D eigenvalue weighted by Gasteiger charge is -2.42. The van der Waals surface area contributed by atoms with Crippen molar-refractivity contribution >= 4 is 15.8 Å². The number of benzene rings is 2. The van der Waals surface area contributed by atoms with Crippen LogP contribution >= 0.6 is 0 Å². The van der Waals surface area contributed by atoms with Gasteiger partial charge in [0.05, 0.1) is 24.2 Å². The Kier molecular flexibility index (Phi) is 7.03. The van der Waals surface area contributed by atoms with E-state index >= 15 is 0 Å². The number of carbonyl (C=O) groups excluding carboxylic acids is 1. The van der Waals surface area contributed by atoms with Crippen molar-refractivity contribution in [3.8, 4) is 5.75 Å². The first-order valence-electron chi connectivity index (χ1n) is 10.2. The van der Waals surface area contributed by atoms with Gasteiger partial charge in [0, 0.05) is 0 Å². The topological polar surface area (TPSA) is 102 Å². The molecule has 2 N–H and O–H groups in total. The van der Waals surface area contributed by atoms with E-state index in [-0.39, 0.29) is 30.9 Å². The van der Waals surface area contributed by atoms with Crippen molar-refractivity contribution in [2.24, 2.45) is 0 Å². The zero-order valence-electron chi connectivity index (χ0n) is 17.8. The molecule has 0 heterocycles. The first-order chi connectivity index (χ1) is 14.7. The average Bonchev–Trinajstić information content (AvgIpc) is 2.78. The molecule has 0 radical (unpaired) electrons. The quantitative estimate of drug-likeness (QED) is 0.600. The molecule has 0 spiro atoms. The van der Waals surface area contributed by atoms with Crippen LogP contribution in [0.15, 0.2) is 59.5 Å². The lowest BCUT2D eigenvalue weighted by Crippen LogP contribution is -2.57. The molecule has 0 aromatic heterocycles. The minimum Gasteiger partial charge on any atom is -0.497 e. The summed E-state index contributed by atoms with van der Waals surface area (Å²) < 4.78 is 37.6. The molecule has 8 heteroatoms. The SMILES string of the molecule is COc1ccc(S(=O)(=O)[C@]2(NCC(=O)OCc3ccccc3)CC[C@@](C)(O)CC2)cc1. The average molecular weight is 448 g/mol. The third kappa shape index (κ3) is 5.44. The molecule has 7 nitrogen and oxygen atoms in total. The van der Waals surface area contributed by atoms with Crippen LogP contribution in [0.3, 0.4) is 0 Å². The lowest BCUT2D eigenvalue weighted by atomic mass is 9.83. The number of aliphatic hydroxyl groups is 1. The second kappa shape index (κ2) is 9.38. The number of ether oxygens (including phenoxy) is 2. The van der Waals surface area contributed by atoms with Gasteiger partial charge in [-0.2, -0.15) is 0 Å². The Morgan fingerprint density at radius 3 is 2.23 bits per heavy atom. The highest BCUT2D eigenvalue weighted by molar-refractivity contribution is 7.92. The maximum Gasteiger partial charge on any atom is 0.320 e. The standard InChI is InChI=1S/C23H29NO6S/c1-22(26)12-14-23(15-13-22,31(27,28)20-10-8-19(29-2)9-11-20)24-16-21(25)30-17-18-6-4-3-5-7-18/h3-11,24,26H,12-17H2,1-2H3/t22-,23-. The van der Waals surface area contributed by atoms with Gasteiger partial charge in [0.1, 0.15) is 17.2 Å². The minimum atomic E-state index is -3.85. The highest BCUT2D eigenvalue weighted by atomic mass is 32.2. The molecule has 1 saturated carbocycles. The van der Waals surface area contributed by atoms with E-state index < -0.39 is 26.3 Å². The van der Waals surface area contributed by atoms with Crippen LogP contribution in [0.25, 0.3) is 0 Å². The van der Waals surface area contributed by atoms with Crippen molar-refractivity contribution in [1.82, 2.24) is 5.32 Å². The van der Waals surface area contributed by atoms with Gasteiger partial charge in [-0.15, -0.1) is 0 Å². The lowest BCUT2D eigenvalue weighted by molar-refractivity contribution is -0.144. The van der Waals surface area contributed by atoms with E-state index in [1.165, 1.54) is 19.2 Å². The Labute approximate surface area is 183 Å². The molecule has 31 heavy (non-hydrogen) atoms. The number of hydrogen-bond acceptors (Lipinski definition) is 7. The molecule has 0 atom stereocenters. The molecule has 168 valence electrons. The summed E-state index contributed by atoms with van der Waals surface area (Å²) in [5, 5.41) is 13.3. The number of esters is 1. The van der Waals surface area contributed by atoms with Crippen molar-refractivity contribution in [3.05, 3.63) is 60.2 Å². The molecule has 0 amide bonds. The molecule has 3 rings (SSSR count). The predicted octanol–water partition coefficient (Wildman–Crippen LogP) is 2.82. The zero-order chi connectivity index (χ0) is 22.5. The van der Waals surface area contributed by atoms with Crippen LogP contribution in [-0.2, 0) is 26.0 Å². The highest BCUT2D eigenvalue weighted by Gasteiger charge is 2.49. The van der Waals surface area contributed by atoms with Crippen molar-refractivity contribution in [2.45, 2.75) is 54.6 Å².